The van der Waals surface area contributed by atoms with Gasteiger partial charge in [0.15, 0.2) is 12.4 Å². The Kier molecular flexibility index (Phi) is 6.67. The SMILES string of the molecule is O=C(C[C@H]1c2ccccc2CCN1S(=O)(=O)c1ccc(F)cc1)OCC(=O)c1ccccc1. The van der Waals surface area contributed by atoms with Gasteiger partial charge in [-0.3, -0.25) is 9.59 Å². The van der Waals surface area contributed by atoms with Crippen LogP contribution in [-0.4, -0.2) is 37.6 Å². The van der Waals surface area contributed by atoms with E-state index < -0.39 is 34.5 Å². The van der Waals surface area contributed by atoms with Crippen LogP contribution in [0.15, 0.2) is 83.8 Å². The highest BCUT2D eigenvalue weighted by Gasteiger charge is 2.37. The maximum Gasteiger partial charge on any atom is 0.308 e. The number of sulfonamides is 1. The normalized spacial score (nSPS) is 16.1. The molecular formula is C25H22FNO5S. The van der Waals surface area contributed by atoms with E-state index in [1.165, 1.54) is 16.4 Å². The summed E-state index contributed by atoms with van der Waals surface area (Å²) in [5, 5.41) is 0. The fourth-order valence-corrected chi connectivity index (χ4v) is 5.55. The Balaban J connectivity index is 1.56. The van der Waals surface area contributed by atoms with Crippen LogP contribution < -0.4 is 0 Å². The highest BCUT2D eigenvalue weighted by atomic mass is 32.2. The summed E-state index contributed by atoms with van der Waals surface area (Å²) >= 11 is 0. The van der Waals surface area contributed by atoms with Crippen LogP contribution in [0.4, 0.5) is 4.39 Å². The molecule has 1 atom stereocenters. The molecule has 3 aromatic rings. The molecule has 0 amide bonds. The van der Waals surface area contributed by atoms with Crippen LogP contribution in [-0.2, 0) is 26.0 Å². The second-order valence-corrected chi connectivity index (χ2v) is 9.58. The number of carbonyl (C=O) groups excluding carboxylic acids is 2. The first-order valence-corrected chi connectivity index (χ1v) is 11.9. The minimum Gasteiger partial charge on any atom is -0.457 e. The number of esters is 1. The van der Waals surface area contributed by atoms with Gasteiger partial charge in [-0.25, -0.2) is 12.8 Å². The molecule has 1 aliphatic heterocycles. The number of rotatable bonds is 7. The largest absolute Gasteiger partial charge is 0.457 e. The van der Waals surface area contributed by atoms with Crippen LogP contribution in [0.5, 0.6) is 0 Å². The maximum atomic E-state index is 13.3. The van der Waals surface area contributed by atoms with Crippen LogP contribution in [0.1, 0.15) is 33.9 Å². The van der Waals surface area contributed by atoms with Crippen LogP contribution in [0.3, 0.4) is 0 Å². The standard InChI is InChI=1S/C25H22FNO5S/c26-20-10-12-21(13-11-20)33(30,31)27-15-14-18-6-4-5-9-22(18)23(27)16-25(29)32-17-24(28)19-7-2-1-3-8-19/h1-13,23H,14-17H2/t23-/m0/s1. The molecule has 0 aromatic heterocycles. The highest BCUT2D eigenvalue weighted by Crippen LogP contribution is 2.36. The van der Waals surface area contributed by atoms with E-state index >= 15 is 0 Å². The maximum absolute atomic E-state index is 13.3. The van der Waals surface area contributed by atoms with Crippen LogP contribution in [0.2, 0.25) is 0 Å². The lowest BCUT2D eigenvalue weighted by Crippen LogP contribution is -2.41. The Bertz CT molecular complexity index is 1260. The fourth-order valence-electron chi connectivity index (χ4n) is 3.94. The minimum absolute atomic E-state index is 0.0547. The molecule has 8 heteroatoms. The summed E-state index contributed by atoms with van der Waals surface area (Å²) in [5.41, 5.74) is 2.08. The summed E-state index contributed by atoms with van der Waals surface area (Å²) in [7, 11) is -4.00. The predicted octanol–water partition coefficient (Wildman–Crippen LogP) is 3.93. The zero-order valence-corrected chi connectivity index (χ0v) is 18.5. The number of hydrogen-bond donors (Lipinski definition) is 0. The summed E-state index contributed by atoms with van der Waals surface area (Å²) in [6.07, 6.45) is 0.230. The molecule has 0 bridgehead atoms. The topological polar surface area (TPSA) is 80.8 Å². The quantitative estimate of drug-likeness (QED) is 0.389. The number of ketones is 1. The van der Waals surface area contributed by atoms with E-state index in [0.717, 1.165) is 17.7 Å². The van der Waals surface area contributed by atoms with Gasteiger partial charge in [0, 0.05) is 12.1 Å². The average Bonchev–Trinajstić information content (AvgIpc) is 2.83. The van der Waals surface area contributed by atoms with Crippen molar-refractivity contribution in [2.45, 2.75) is 23.8 Å². The Hall–Kier alpha value is -3.36. The number of nitrogens with zero attached hydrogens (tertiary/aromatic N) is 1. The second kappa shape index (κ2) is 9.64. The molecule has 33 heavy (non-hydrogen) atoms. The molecule has 0 N–H and O–H groups in total. The van der Waals surface area contributed by atoms with Gasteiger partial charge in [-0.2, -0.15) is 4.31 Å². The van der Waals surface area contributed by atoms with E-state index in [1.54, 1.807) is 42.5 Å². The molecule has 0 fully saturated rings. The van der Waals surface area contributed by atoms with Gasteiger partial charge in [0.2, 0.25) is 10.0 Å². The second-order valence-electron chi connectivity index (χ2n) is 7.69. The van der Waals surface area contributed by atoms with Crippen molar-refractivity contribution in [3.05, 3.63) is 101 Å². The van der Waals surface area contributed by atoms with Gasteiger partial charge in [0.1, 0.15) is 5.82 Å². The van der Waals surface area contributed by atoms with Gasteiger partial charge in [-0.05, 0) is 41.8 Å². The first-order valence-electron chi connectivity index (χ1n) is 10.5. The van der Waals surface area contributed by atoms with Gasteiger partial charge in [0.05, 0.1) is 17.4 Å². The van der Waals surface area contributed by atoms with Crippen LogP contribution >= 0.6 is 0 Å². The fraction of sp³-hybridized carbons (Fsp3) is 0.200. The number of ether oxygens (including phenoxy) is 1. The first kappa shape index (κ1) is 22.8. The summed E-state index contributed by atoms with van der Waals surface area (Å²) in [6, 6.07) is 19.6. The van der Waals surface area contributed by atoms with Crippen molar-refractivity contribution in [1.29, 1.82) is 0 Å². The number of fused-ring (bicyclic) bond motifs is 1. The van der Waals surface area contributed by atoms with Crippen molar-refractivity contribution >= 4 is 21.8 Å². The van der Waals surface area contributed by atoms with Gasteiger partial charge >= 0.3 is 5.97 Å². The van der Waals surface area contributed by atoms with Crippen molar-refractivity contribution in [2.75, 3.05) is 13.2 Å². The average molecular weight is 468 g/mol. The molecule has 0 aliphatic carbocycles. The first-order chi connectivity index (χ1) is 15.9. The summed E-state index contributed by atoms with van der Waals surface area (Å²) in [4.78, 5) is 24.9. The Morgan fingerprint density at radius 1 is 0.939 bits per heavy atom. The lowest BCUT2D eigenvalue weighted by atomic mass is 9.92. The molecule has 3 aromatic carbocycles. The summed E-state index contributed by atoms with van der Waals surface area (Å²) in [6.45, 7) is -0.264. The molecule has 0 saturated heterocycles. The number of halogens is 1. The van der Waals surface area contributed by atoms with E-state index in [1.807, 2.05) is 12.1 Å². The third-order valence-electron chi connectivity index (χ3n) is 5.60. The molecular weight excluding hydrogens is 445 g/mol. The monoisotopic (exact) mass is 467 g/mol. The lowest BCUT2D eigenvalue weighted by Gasteiger charge is -2.36. The van der Waals surface area contributed by atoms with Crippen molar-refractivity contribution in [2.24, 2.45) is 0 Å². The Morgan fingerprint density at radius 2 is 1.61 bits per heavy atom. The van der Waals surface area contributed by atoms with E-state index in [0.29, 0.717) is 17.5 Å². The van der Waals surface area contributed by atoms with E-state index in [-0.39, 0.29) is 23.6 Å². The number of carbonyl (C=O) groups is 2. The third-order valence-corrected chi connectivity index (χ3v) is 7.53. The van der Waals surface area contributed by atoms with E-state index in [4.69, 9.17) is 4.74 Å². The van der Waals surface area contributed by atoms with Crippen LogP contribution in [0, 0.1) is 5.82 Å². The van der Waals surface area contributed by atoms with Crippen LogP contribution in [0.25, 0.3) is 0 Å². The molecule has 4 rings (SSSR count). The number of hydrogen-bond acceptors (Lipinski definition) is 5. The molecule has 1 heterocycles. The van der Waals surface area contributed by atoms with Crippen molar-refractivity contribution in [1.82, 2.24) is 4.31 Å². The molecule has 0 radical (unpaired) electrons. The highest BCUT2D eigenvalue weighted by molar-refractivity contribution is 7.89. The molecule has 6 nitrogen and oxygen atoms in total. The van der Waals surface area contributed by atoms with Gasteiger partial charge < -0.3 is 4.74 Å². The van der Waals surface area contributed by atoms with Gasteiger partial charge in [-0.15, -0.1) is 0 Å². The van der Waals surface area contributed by atoms with E-state index in [2.05, 4.69) is 0 Å². The Labute approximate surface area is 191 Å². The lowest BCUT2D eigenvalue weighted by molar-refractivity contribution is -0.143. The zero-order valence-electron chi connectivity index (χ0n) is 17.7. The van der Waals surface area contributed by atoms with Gasteiger partial charge in [0.25, 0.3) is 0 Å². The number of Topliss-reactive ketones (excluding diaryl/α,β-unsaturated/α-hetero) is 1. The van der Waals surface area contributed by atoms with Crippen molar-refractivity contribution < 1.29 is 27.1 Å². The Morgan fingerprint density at radius 3 is 2.33 bits per heavy atom. The molecule has 0 saturated carbocycles. The van der Waals surface area contributed by atoms with Crippen molar-refractivity contribution in [3.8, 4) is 0 Å². The smallest absolute Gasteiger partial charge is 0.308 e. The number of benzene rings is 3. The molecule has 170 valence electrons. The van der Waals surface area contributed by atoms with E-state index in [9.17, 15) is 22.4 Å². The zero-order chi connectivity index (χ0) is 23.4. The van der Waals surface area contributed by atoms with Gasteiger partial charge in [-0.1, -0.05) is 54.6 Å². The molecule has 1 aliphatic rings. The molecule has 0 unspecified atom stereocenters. The predicted molar refractivity (Wildman–Crippen MR) is 120 cm³/mol. The third kappa shape index (κ3) is 5.02. The summed E-state index contributed by atoms with van der Waals surface area (Å²) < 4.78 is 46.5. The summed E-state index contributed by atoms with van der Waals surface area (Å²) in [5.74, 6) is -1.56. The van der Waals surface area contributed by atoms with Crippen molar-refractivity contribution in [3.63, 3.8) is 0 Å². The minimum atomic E-state index is -4.00. The molecule has 0 spiro atoms.